The summed E-state index contributed by atoms with van der Waals surface area (Å²) in [4.78, 5) is 0. The number of nitrogens with one attached hydrogen (secondary N) is 1. The minimum atomic E-state index is -3.90. The largest absolute Gasteiger partial charge is 0.395 e. The van der Waals surface area contributed by atoms with Crippen LogP contribution in [0.5, 0.6) is 0 Å². The van der Waals surface area contributed by atoms with Gasteiger partial charge in [0.1, 0.15) is 0 Å². The van der Waals surface area contributed by atoms with Gasteiger partial charge in [-0.15, -0.1) is 0 Å². The highest BCUT2D eigenvalue weighted by atomic mass is 32.2. The van der Waals surface area contributed by atoms with E-state index in [4.69, 9.17) is 14.8 Å². The highest BCUT2D eigenvalue weighted by Crippen LogP contribution is 1.88. The molecular formula is C6H15NO5S. The maximum absolute atomic E-state index is 10.2. The van der Waals surface area contributed by atoms with Gasteiger partial charge in [0.25, 0.3) is 10.1 Å². The summed E-state index contributed by atoms with van der Waals surface area (Å²) >= 11 is 0. The van der Waals surface area contributed by atoms with Gasteiger partial charge in [-0.1, -0.05) is 0 Å². The third kappa shape index (κ3) is 8.13. The SMILES string of the molecule is O=S(=O)(O)CCCNC(CO)CO. The molecular weight excluding hydrogens is 198 g/mol. The average molecular weight is 213 g/mol. The Labute approximate surface area is 77.3 Å². The van der Waals surface area contributed by atoms with Crippen LogP contribution in [0.15, 0.2) is 0 Å². The molecule has 7 heteroatoms. The van der Waals surface area contributed by atoms with Gasteiger partial charge in [-0.25, -0.2) is 0 Å². The Hall–Kier alpha value is -0.210. The maximum atomic E-state index is 10.2. The lowest BCUT2D eigenvalue weighted by Crippen LogP contribution is -2.36. The maximum Gasteiger partial charge on any atom is 0.264 e. The molecule has 13 heavy (non-hydrogen) atoms. The first-order chi connectivity index (χ1) is 5.99. The lowest BCUT2D eigenvalue weighted by molar-refractivity contribution is 0.171. The third-order valence-electron chi connectivity index (χ3n) is 1.45. The Morgan fingerprint density at radius 1 is 1.23 bits per heavy atom. The van der Waals surface area contributed by atoms with Crippen LogP contribution in [-0.2, 0) is 10.1 Å². The minimum Gasteiger partial charge on any atom is -0.395 e. The fourth-order valence-corrected chi connectivity index (χ4v) is 1.26. The van der Waals surface area contributed by atoms with Crippen molar-refractivity contribution >= 4 is 10.1 Å². The quantitative estimate of drug-likeness (QED) is 0.294. The normalized spacial score (nSPS) is 12.3. The summed E-state index contributed by atoms with van der Waals surface area (Å²) < 4.78 is 28.8. The van der Waals surface area contributed by atoms with Crippen molar-refractivity contribution in [3.63, 3.8) is 0 Å². The van der Waals surface area contributed by atoms with E-state index in [9.17, 15) is 8.42 Å². The molecule has 80 valence electrons. The Morgan fingerprint density at radius 2 is 1.77 bits per heavy atom. The van der Waals surface area contributed by atoms with E-state index in [-0.39, 0.29) is 25.4 Å². The van der Waals surface area contributed by atoms with Crippen LogP contribution in [-0.4, -0.2) is 54.7 Å². The predicted molar refractivity (Wildman–Crippen MR) is 47.0 cm³/mol. The fraction of sp³-hybridized carbons (Fsp3) is 1.00. The van der Waals surface area contributed by atoms with Crippen LogP contribution in [0.1, 0.15) is 6.42 Å². The van der Waals surface area contributed by atoms with Crippen LogP contribution in [0.4, 0.5) is 0 Å². The Bertz CT molecular complexity index is 211. The van der Waals surface area contributed by atoms with Crippen LogP contribution in [0.2, 0.25) is 0 Å². The molecule has 0 unspecified atom stereocenters. The van der Waals surface area contributed by atoms with E-state index in [0.717, 1.165) is 0 Å². The Balaban J connectivity index is 3.45. The van der Waals surface area contributed by atoms with E-state index < -0.39 is 16.2 Å². The summed E-state index contributed by atoms with van der Waals surface area (Å²) in [5.41, 5.74) is 0. The van der Waals surface area contributed by atoms with Gasteiger partial charge in [0.15, 0.2) is 0 Å². The van der Waals surface area contributed by atoms with Gasteiger partial charge in [-0.3, -0.25) is 4.55 Å². The number of aliphatic hydroxyl groups is 2. The summed E-state index contributed by atoms with van der Waals surface area (Å²) in [5, 5.41) is 19.9. The molecule has 0 rings (SSSR count). The van der Waals surface area contributed by atoms with Crippen LogP contribution in [0.25, 0.3) is 0 Å². The molecule has 0 aromatic heterocycles. The van der Waals surface area contributed by atoms with Gasteiger partial charge < -0.3 is 15.5 Å². The first-order valence-corrected chi connectivity index (χ1v) is 5.50. The van der Waals surface area contributed by atoms with Crippen molar-refractivity contribution in [2.24, 2.45) is 0 Å². The standard InChI is InChI=1S/C6H15NO5S/c8-4-6(5-9)7-2-1-3-13(10,11)12/h6-9H,1-5H2,(H,10,11,12). The average Bonchev–Trinajstić information content (AvgIpc) is 2.03. The predicted octanol–water partition coefficient (Wildman–Crippen LogP) is -1.79. The van der Waals surface area contributed by atoms with E-state index in [2.05, 4.69) is 5.32 Å². The van der Waals surface area contributed by atoms with Crippen LogP contribution in [0, 0.1) is 0 Å². The molecule has 6 nitrogen and oxygen atoms in total. The molecule has 0 aliphatic heterocycles. The van der Waals surface area contributed by atoms with E-state index >= 15 is 0 Å². The van der Waals surface area contributed by atoms with Gasteiger partial charge in [0.05, 0.1) is 25.0 Å². The lowest BCUT2D eigenvalue weighted by atomic mass is 10.3. The molecule has 0 aromatic rings. The fourth-order valence-electron chi connectivity index (χ4n) is 0.748. The molecule has 0 aromatic carbocycles. The van der Waals surface area contributed by atoms with Gasteiger partial charge in [0, 0.05) is 0 Å². The smallest absolute Gasteiger partial charge is 0.264 e. The number of aliphatic hydroxyl groups excluding tert-OH is 2. The summed E-state index contributed by atoms with van der Waals surface area (Å²) in [6.45, 7) is -0.0870. The number of rotatable bonds is 7. The van der Waals surface area contributed by atoms with Gasteiger partial charge in [-0.05, 0) is 13.0 Å². The lowest BCUT2D eigenvalue weighted by Gasteiger charge is -2.12. The van der Waals surface area contributed by atoms with E-state index in [1.807, 2.05) is 0 Å². The van der Waals surface area contributed by atoms with Crippen LogP contribution >= 0.6 is 0 Å². The van der Waals surface area contributed by atoms with Crippen molar-refractivity contribution < 1.29 is 23.2 Å². The molecule has 0 spiro atoms. The van der Waals surface area contributed by atoms with Crippen molar-refractivity contribution in [2.45, 2.75) is 12.5 Å². The van der Waals surface area contributed by atoms with E-state index in [1.165, 1.54) is 0 Å². The molecule has 0 bridgehead atoms. The molecule has 0 saturated heterocycles. The second-order valence-corrected chi connectivity index (χ2v) is 4.23. The zero-order chi connectivity index (χ0) is 10.3. The summed E-state index contributed by atoms with van der Waals surface area (Å²) in [5.74, 6) is -0.316. The van der Waals surface area contributed by atoms with Crippen molar-refractivity contribution in [1.82, 2.24) is 5.32 Å². The van der Waals surface area contributed by atoms with Crippen LogP contribution in [0.3, 0.4) is 0 Å². The third-order valence-corrected chi connectivity index (χ3v) is 2.26. The molecule has 0 saturated carbocycles. The minimum absolute atomic E-state index is 0.206. The summed E-state index contributed by atoms with van der Waals surface area (Å²) in [6, 6.07) is -0.429. The van der Waals surface area contributed by atoms with Crippen LogP contribution < -0.4 is 5.32 Å². The molecule has 0 aliphatic carbocycles. The molecule has 0 heterocycles. The monoisotopic (exact) mass is 213 g/mol. The summed E-state index contributed by atoms with van der Waals surface area (Å²) in [7, 11) is -3.90. The Morgan fingerprint density at radius 3 is 2.15 bits per heavy atom. The van der Waals surface area contributed by atoms with Crippen molar-refractivity contribution in [3.8, 4) is 0 Å². The van der Waals surface area contributed by atoms with Gasteiger partial charge in [-0.2, -0.15) is 8.42 Å². The number of hydrogen-bond acceptors (Lipinski definition) is 5. The molecule has 4 N–H and O–H groups in total. The first kappa shape index (κ1) is 12.8. The van der Waals surface area contributed by atoms with E-state index in [1.54, 1.807) is 0 Å². The van der Waals surface area contributed by atoms with Crippen molar-refractivity contribution in [2.75, 3.05) is 25.5 Å². The Kier molecular flexibility index (Phi) is 6.17. The summed E-state index contributed by atoms with van der Waals surface area (Å²) in [6.07, 6.45) is 0.245. The second-order valence-electron chi connectivity index (χ2n) is 2.66. The zero-order valence-corrected chi connectivity index (χ0v) is 8.00. The molecule has 0 fully saturated rings. The topological polar surface area (TPSA) is 107 Å². The zero-order valence-electron chi connectivity index (χ0n) is 7.18. The van der Waals surface area contributed by atoms with Gasteiger partial charge in [0.2, 0.25) is 0 Å². The molecule has 0 radical (unpaired) electrons. The highest BCUT2D eigenvalue weighted by Gasteiger charge is 2.06. The highest BCUT2D eigenvalue weighted by molar-refractivity contribution is 7.85. The molecule has 0 aliphatic rings. The molecule has 0 atom stereocenters. The van der Waals surface area contributed by atoms with Gasteiger partial charge >= 0.3 is 0 Å². The van der Waals surface area contributed by atoms with E-state index in [0.29, 0.717) is 6.54 Å². The number of hydrogen-bond donors (Lipinski definition) is 4. The van der Waals surface area contributed by atoms with Crippen molar-refractivity contribution in [1.29, 1.82) is 0 Å². The van der Waals surface area contributed by atoms with Crippen molar-refractivity contribution in [3.05, 3.63) is 0 Å². The first-order valence-electron chi connectivity index (χ1n) is 3.90. The molecule has 0 amide bonds. The second kappa shape index (κ2) is 6.28.